The number of nitrogens with zero attached hydrogens (tertiary/aromatic N) is 1. The van der Waals surface area contributed by atoms with Gasteiger partial charge in [-0.2, -0.15) is 12.6 Å². The molecule has 0 radical (unpaired) electrons. The Morgan fingerprint density at radius 2 is 2.07 bits per heavy atom. The van der Waals surface area contributed by atoms with Gasteiger partial charge in [-0.25, -0.2) is 0 Å². The molecule has 1 rings (SSSR count). The van der Waals surface area contributed by atoms with Crippen LogP contribution in [0.15, 0.2) is 18.2 Å². The lowest BCUT2D eigenvalue weighted by Gasteiger charge is -2.16. The van der Waals surface area contributed by atoms with Gasteiger partial charge in [0, 0.05) is 12.7 Å². The normalized spacial score (nSPS) is 10.0. The van der Waals surface area contributed by atoms with Gasteiger partial charge in [0.05, 0.1) is 15.8 Å². The Hall–Kier alpha value is -0.380. The van der Waals surface area contributed by atoms with E-state index in [1.165, 1.54) is 4.90 Å². The molecule has 0 fully saturated rings. The summed E-state index contributed by atoms with van der Waals surface area (Å²) in [6.07, 6.45) is 0. The van der Waals surface area contributed by atoms with Crippen LogP contribution in [0.4, 0.5) is 5.69 Å². The van der Waals surface area contributed by atoms with E-state index in [-0.39, 0.29) is 11.7 Å². The number of rotatable bonds is 2. The first-order valence-corrected chi connectivity index (χ1v) is 5.27. The van der Waals surface area contributed by atoms with Crippen molar-refractivity contribution in [3.63, 3.8) is 0 Å². The Kier molecular flexibility index (Phi) is 4.11. The maximum Gasteiger partial charge on any atom is 0.236 e. The van der Waals surface area contributed by atoms with Gasteiger partial charge in [-0.15, -0.1) is 0 Å². The summed E-state index contributed by atoms with van der Waals surface area (Å²) in [4.78, 5) is 12.8. The molecule has 0 aliphatic heterocycles. The van der Waals surface area contributed by atoms with Gasteiger partial charge in [0.15, 0.2) is 0 Å². The van der Waals surface area contributed by atoms with E-state index in [1.54, 1.807) is 25.2 Å². The van der Waals surface area contributed by atoms with E-state index in [2.05, 4.69) is 12.6 Å². The third kappa shape index (κ3) is 2.56. The van der Waals surface area contributed by atoms with Crippen molar-refractivity contribution in [2.24, 2.45) is 0 Å². The summed E-state index contributed by atoms with van der Waals surface area (Å²) in [6.45, 7) is 0. The Morgan fingerprint density at radius 1 is 1.43 bits per heavy atom. The maximum atomic E-state index is 11.3. The zero-order valence-corrected chi connectivity index (χ0v) is 9.90. The topological polar surface area (TPSA) is 20.3 Å². The molecule has 0 spiro atoms. The predicted molar refractivity (Wildman–Crippen MR) is 63.7 cm³/mol. The minimum Gasteiger partial charge on any atom is -0.315 e. The second-order valence-electron chi connectivity index (χ2n) is 2.71. The monoisotopic (exact) mass is 249 g/mol. The summed E-state index contributed by atoms with van der Waals surface area (Å²) in [5, 5.41) is 0.908. The number of carbonyl (C=O) groups excluding carboxylic acids is 1. The van der Waals surface area contributed by atoms with Crippen LogP contribution in [0.3, 0.4) is 0 Å². The molecule has 2 nitrogen and oxygen atoms in total. The number of anilines is 1. The van der Waals surface area contributed by atoms with Crippen LogP contribution in [0, 0.1) is 0 Å². The van der Waals surface area contributed by atoms with Crippen LogP contribution >= 0.6 is 35.8 Å². The molecule has 0 aromatic heterocycles. The molecule has 76 valence electrons. The fraction of sp³-hybridized carbons (Fsp3) is 0.222. The predicted octanol–water partition coefficient (Wildman–Crippen LogP) is 2.89. The summed E-state index contributed by atoms with van der Waals surface area (Å²) in [6, 6.07) is 5.03. The van der Waals surface area contributed by atoms with Crippen LogP contribution in [0.5, 0.6) is 0 Å². The van der Waals surface area contributed by atoms with Gasteiger partial charge in [0.2, 0.25) is 5.91 Å². The molecule has 1 amide bonds. The van der Waals surface area contributed by atoms with E-state index in [9.17, 15) is 4.79 Å². The number of hydrogen-bond donors (Lipinski definition) is 1. The molecule has 14 heavy (non-hydrogen) atoms. The summed E-state index contributed by atoms with van der Waals surface area (Å²) in [7, 11) is 1.66. The number of carbonyl (C=O) groups is 1. The molecule has 0 N–H and O–H groups in total. The van der Waals surface area contributed by atoms with Gasteiger partial charge >= 0.3 is 0 Å². The van der Waals surface area contributed by atoms with Gasteiger partial charge < -0.3 is 4.90 Å². The molecule has 0 bridgehead atoms. The van der Waals surface area contributed by atoms with Crippen LogP contribution in [0.2, 0.25) is 10.0 Å². The second kappa shape index (κ2) is 4.91. The van der Waals surface area contributed by atoms with Crippen molar-refractivity contribution in [3.8, 4) is 0 Å². The van der Waals surface area contributed by atoms with Crippen molar-refractivity contribution in [2.45, 2.75) is 0 Å². The minimum atomic E-state index is -0.0910. The highest BCUT2D eigenvalue weighted by atomic mass is 35.5. The fourth-order valence-electron chi connectivity index (χ4n) is 0.944. The lowest BCUT2D eigenvalue weighted by molar-refractivity contribution is -0.115. The SMILES string of the molecule is CN(C(=O)CS)c1ccc(Cl)c(Cl)c1. The molecule has 0 aliphatic carbocycles. The van der Waals surface area contributed by atoms with Crippen molar-refractivity contribution >= 4 is 47.4 Å². The first kappa shape index (κ1) is 11.7. The number of benzene rings is 1. The molecule has 1 aromatic rings. The molecular weight excluding hydrogens is 241 g/mol. The van der Waals surface area contributed by atoms with Crippen molar-refractivity contribution in [1.82, 2.24) is 0 Å². The lowest BCUT2D eigenvalue weighted by Crippen LogP contribution is -2.27. The van der Waals surface area contributed by atoms with Gasteiger partial charge in [-0.1, -0.05) is 23.2 Å². The van der Waals surface area contributed by atoms with Gasteiger partial charge in [-0.05, 0) is 18.2 Å². The number of thiol groups is 1. The van der Waals surface area contributed by atoms with Crippen molar-refractivity contribution in [2.75, 3.05) is 17.7 Å². The molecule has 0 atom stereocenters. The number of halogens is 2. The highest BCUT2D eigenvalue weighted by Gasteiger charge is 2.09. The van der Waals surface area contributed by atoms with E-state index >= 15 is 0 Å². The first-order valence-electron chi connectivity index (χ1n) is 3.88. The van der Waals surface area contributed by atoms with Crippen LogP contribution in [0.25, 0.3) is 0 Å². The van der Waals surface area contributed by atoms with E-state index in [4.69, 9.17) is 23.2 Å². The van der Waals surface area contributed by atoms with Crippen molar-refractivity contribution < 1.29 is 4.79 Å². The molecular formula is C9H9Cl2NOS. The summed E-state index contributed by atoms with van der Waals surface area (Å²) >= 11 is 15.5. The van der Waals surface area contributed by atoms with Crippen LogP contribution in [-0.2, 0) is 4.79 Å². The van der Waals surface area contributed by atoms with Crippen LogP contribution < -0.4 is 4.90 Å². The van der Waals surface area contributed by atoms with Gasteiger partial charge in [0.25, 0.3) is 0 Å². The quantitative estimate of drug-likeness (QED) is 0.800. The fourth-order valence-corrected chi connectivity index (χ4v) is 1.45. The summed E-state index contributed by atoms with van der Waals surface area (Å²) < 4.78 is 0. The van der Waals surface area contributed by atoms with Crippen LogP contribution in [0.1, 0.15) is 0 Å². The number of hydrogen-bond acceptors (Lipinski definition) is 2. The average Bonchev–Trinajstić information content (AvgIpc) is 2.20. The highest BCUT2D eigenvalue weighted by molar-refractivity contribution is 7.81. The van der Waals surface area contributed by atoms with Gasteiger partial charge in [0.1, 0.15) is 0 Å². The highest BCUT2D eigenvalue weighted by Crippen LogP contribution is 2.26. The molecule has 5 heteroatoms. The Balaban J connectivity index is 2.96. The molecule has 0 aliphatic rings. The summed E-state index contributed by atoms with van der Waals surface area (Å²) in [5.74, 6) is 0.0724. The molecule has 0 saturated carbocycles. The zero-order valence-electron chi connectivity index (χ0n) is 7.50. The third-order valence-corrected chi connectivity index (χ3v) is 2.81. The van der Waals surface area contributed by atoms with E-state index in [0.29, 0.717) is 15.7 Å². The van der Waals surface area contributed by atoms with Gasteiger partial charge in [-0.3, -0.25) is 4.79 Å². The van der Waals surface area contributed by atoms with E-state index < -0.39 is 0 Å². The molecule has 0 saturated heterocycles. The first-order chi connectivity index (χ1) is 6.56. The standard InChI is InChI=1S/C9H9Cl2NOS/c1-12(9(13)5-14)6-2-3-7(10)8(11)4-6/h2-4,14H,5H2,1H3. The molecule has 0 unspecified atom stereocenters. The third-order valence-electron chi connectivity index (χ3n) is 1.80. The largest absolute Gasteiger partial charge is 0.315 e. The number of amides is 1. The Morgan fingerprint density at radius 3 is 2.57 bits per heavy atom. The Labute approximate surface area is 98.2 Å². The molecule has 0 heterocycles. The average molecular weight is 250 g/mol. The summed E-state index contributed by atoms with van der Waals surface area (Å²) in [5.41, 5.74) is 0.707. The van der Waals surface area contributed by atoms with E-state index in [0.717, 1.165) is 0 Å². The molecule has 1 aromatic carbocycles. The second-order valence-corrected chi connectivity index (χ2v) is 3.84. The smallest absolute Gasteiger partial charge is 0.236 e. The minimum absolute atomic E-state index is 0.0910. The lowest BCUT2D eigenvalue weighted by atomic mass is 10.3. The van der Waals surface area contributed by atoms with E-state index in [1.807, 2.05) is 0 Å². The zero-order chi connectivity index (χ0) is 10.7. The van der Waals surface area contributed by atoms with Crippen LogP contribution in [-0.4, -0.2) is 18.7 Å². The van der Waals surface area contributed by atoms with Crippen molar-refractivity contribution in [3.05, 3.63) is 28.2 Å². The van der Waals surface area contributed by atoms with Crippen molar-refractivity contribution in [1.29, 1.82) is 0 Å². The maximum absolute atomic E-state index is 11.3. The Bertz CT molecular complexity index is 357.